The highest BCUT2D eigenvalue weighted by atomic mass is 15.0. The topological polar surface area (TPSA) is 57.4 Å². The molecule has 5 aromatic carbocycles. The van der Waals surface area contributed by atoms with E-state index >= 15 is 0 Å². The molecule has 0 amide bonds. The normalized spacial score (nSPS) is 15.6. The Morgan fingerprint density at radius 2 is 1.39 bits per heavy atom. The minimum absolute atomic E-state index is 0.267. The van der Waals surface area contributed by atoms with Crippen molar-refractivity contribution in [1.82, 2.24) is 9.13 Å². The van der Waals surface area contributed by atoms with Crippen LogP contribution in [0.4, 0.5) is 0 Å². The van der Waals surface area contributed by atoms with Gasteiger partial charge in [0.2, 0.25) is 0 Å². The molecular formula is C45H34N4. The van der Waals surface area contributed by atoms with Gasteiger partial charge in [-0.1, -0.05) is 110 Å². The fourth-order valence-corrected chi connectivity index (χ4v) is 7.57. The van der Waals surface area contributed by atoms with Crippen LogP contribution < -0.4 is 0 Å². The number of nitriles is 2. The lowest BCUT2D eigenvalue weighted by Gasteiger charge is -2.24. The molecule has 4 heteroatoms. The first kappa shape index (κ1) is 30.0. The van der Waals surface area contributed by atoms with Gasteiger partial charge in [-0.25, -0.2) is 0 Å². The van der Waals surface area contributed by atoms with Gasteiger partial charge in [-0.15, -0.1) is 0 Å². The van der Waals surface area contributed by atoms with Gasteiger partial charge in [0.05, 0.1) is 45.0 Å². The third kappa shape index (κ3) is 4.98. The lowest BCUT2D eigenvalue weighted by molar-refractivity contribution is 0.515. The highest BCUT2D eigenvalue weighted by Crippen LogP contribution is 2.39. The zero-order valence-electron chi connectivity index (χ0n) is 27.5. The minimum atomic E-state index is 0.267. The minimum Gasteiger partial charge on any atom is -0.313 e. The Labute approximate surface area is 286 Å². The van der Waals surface area contributed by atoms with Crippen LogP contribution >= 0.6 is 0 Å². The molecule has 2 aromatic heterocycles. The zero-order chi connectivity index (χ0) is 33.5. The van der Waals surface area contributed by atoms with E-state index in [1.165, 1.54) is 27.5 Å². The number of para-hydroxylation sites is 4. The molecule has 2 heterocycles. The molecular weight excluding hydrogens is 597 g/mol. The molecule has 1 aliphatic rings. The van der Waals surface area contributed by atoms with Crippen molar-refractivity contribution in [2.24, 2.45) is 11.8 Å². The van der Waals surface area contributed by atoms with E-state index in [9.17, 15) is 10.5 Å². The van der Waals surface area contributed by atoms with Gasteiger partial charge in [-0.2, -0.15) is 10.5 Å². The van der Waals surface area contributed by atoms with Crippen LogP contribution in [0.15, 0.2) is 146 Å². The molecule has 8 rings (SSSR count). The van der Waals surface area contributed by atoms with Crippen molar-refractivity contribution in [3.8, 4) is 17.8 Å². The second-order valence-electron chi connectivity index (χ2n) is 12.8. The summed E-state index contributed by atoms with van der Waals surface area (Å²) in [4.78, 5) is 0. The van der Waals surface area contributed by atoms with Crippen LogP contribution in [0.2, 0.25) is 0 Å². The van der Waals surface area contributed by atoms with Crippen LogP contribution in [-0.4, -0.2) is 9.13 Å². The van der Waals surface area contributed by atoms with Crippen molar-refractivity contribution in [1.29, 1.82) is 10.5 Å². The number of hydrogen-bond acceptors (Lipinski definition) is 2. The lowest BCUT2D eigenvalue weighted by atomic mass is 9.85. The van der Waals surface area contributed by atoms with E-state index in [0.717, 1.165) is 45.1 Å². The molecule has 0 radical (unpaired) electrons. The Morgan fingerprint density at radius 3 is 2.04 bits per heavy atom. The van der Waals surface area contributed by atoms with Crippen molar-refractivity contribution in [3.63, 3.8) is 0 Å². The molecule has 7 aromatic rings. The maximum atomic E-state index is 10.2. The number of hydrogen-bond donors (Lipinski definition) is 0. The van der Waals surface area contributed by atoms with E-state index in [0.29, 0.717) is 17.0 Å². The van der Waals surface area contributed by atoms with E-state index in [1.54, 1.807) is 0 Å². The van der Waals surface area contributed by atoms with Gasteiger partial charge in [-0.05, 0) is 73.2 Å². The average Bonchev–Trinajstić information content (AvgIpc) is 3.68. The Balaban J connectivity index is 1.16. The molecule has 0 spiro atoms. The number of allylic oxidation sites excluding steroid dienone is 8. The Kier molecular flexibility index (Phi) is 7.56. The predicted molar refractivity (Wildman–Crippen MR) is 203 cm³/mol. The van der Waals surface area contributed by atoms with Crippen molar-refractivity contribution in [3.05, 3.63) is 162 Å². The van der Waals surface area contributed by atoms with Gasteiger partial charge in [0.1, 0.15) is 6.07 Å². The van der Waals surface area contributed by atoms with E-state index < -0.39 is 0 Å². The van der Waals surface area contributed by atoms with Crippen molar-refractivity contribution in [2.45, 2.75) is 20.3 Å². The van der Waals surface area contributed by atoms with Crippen LogP contribution in [0, 0.1) is 34.5 Å². The number of aromatic nitrogens is 2. The molecule has 2 atom stereocenters. The molecule has 0 saturated carbocycles. The molecule has 0 aliphatic heterocycles. The zero-order valence-corrected chi connectivity index (χ0v) is 27.5. The fourth-order valence-electron chi connectivity index (χ4n) is 7.57. The van der Waals surface area contributed by atoms with Crippen LogP contribution in [0.5, 0.6) is 0 Å². The SMILES string of the molecule is C/C=C(\C=C/C(C)C1C=CC=C(n2c3ccccc3c3ccccc32)C1)c1ccc(C#N)cc1-n1c2ccccc2c2cccc(C#N)c21. The number of fused-ring (bicyclic) bond motifs is 6. The first-order chi connectivity index (χ1) is 24.1. The molecule has 0 N–H and O–H groups in total. The molecule has 4 nitrogen and oxygen atoms in total. The van der Waals surface area contributed by atoms with Crippen LogP contribution in [0.25, 0.3) is 60.6 Å². The van der Waals surface area contributed by atoms with Gasteiger partial charge >= 0.3 is 0 Å². The summed E-state index contributed by atoms with van der Waals surface area (Å²) < 4.78 is 4.59. The molecule has 49 heavy (non-hydrogen) atoms. The highest BCUT2D eigenvalue weighted by molar-refractivity contribution is 6.12. The standard InChI is InChI=1S/C45H34N4/c1-3-32(24-22-30(2)33-12-10-14-35(27-33)48-41-19-7-4-15-37(41)38-16-5-8-20-42(38)48)36-25-23-31(28-46)26-44(36)49-43-21-9-6-17-39(43)40-18-11-13-34(29-47)45(40)49/h3-26,30,33H,27H2,1-2H3/b24-22-,32-3+. The molecule has 2 unspecified atom stereocenters. The second-order valence-corrected chi connectivity index (χ2v) is 12.8. The van der Waals surface area contributed by atoms with E-state index in [-0.39, 0.29) is 5.92 Å². The van der Waals surface area contributed by atoms with E-state index in [4.69, 9.17) is 0 Å². The highest BCUT2D eigenvalue weighted by Gasteiger charge is 2.22. The van der Waals surface area contributed by atoms with Crippen LogP contribution in [0.1, 0.15) is 37.0 Å². The van der Waals surface area contributed by atoms with Crippen molar-refractivity contribution in [2.75, 3.05) is 0 Å². The Bertz CT molecular complexity index is 2590. The number of nitrogens with zero attached hydrogens (tertiary/aromatic N) is 4. The smallest absolute Gasteiger partial charge is 0.101 e. The monoisotopic (exact) mass is 630 g/mol. The van der Waals surface area contributed by atoms with Crippen molar-refractivity contribution < 1.29 is 0 Å². The summed E-state index contributed by atoms with van der Waals surface area (Å²) in [5, 5.41) is 24.8. The van der Waals surface area contributed by atoms with Crippen LogP contribution in [0.3, 0.4) is 0 Å². The van der Waals surface area contributed by atoms with E-state index in [1.807, 2.05) is 42.5 Å². The summed E-state index contributed by atoms with van der Waals surface area (Å²) in [6.45, 7) is 4.35. The first-order valence-corrected chi connectivity index (χ1v) is 16.8. The third-order valence-electron chi connectivity index (χ3n) is 10.0. The number of rotatable bonds is 6. The largest absolute Gasteiger partial charge is 0.313 e. The predicted octanol–water partition coefficient (Wildman–Crippen LogP) is 11.3. The van der Waals surface area contributed by atoms with Crippen LogP contribution in [-0.2, 0) is 0 Å². The Hall–Kier alpha value is -6.36. The molecule has 1 aliphatic carbocycles. The second kappa shape index (κ2) is 12.3. The maximum Gasteiger partial charge on any atom is 0.101 e. The summed E-state index contributed by atoms with van der Waals surface area (Å²) in [5.41, 5.74) is 9.75. The average molecular weight is 631 g/mol. The Morgan fingerprint density at radius 1 is 0.755 bits per heavy atom. The molecule has 0 bridgehead atoms. The molecule has 0 saturated heterocycles. The van der Waals surface area contributed by atoms with E-state index in [2.05, 4.69) is 138 Å². The van der Waals surface area contributed by atoms with Gasteiger partial charge in [0.15, 0.2) is 0 Å². The third-order valence-corrected chi connectivity index (χ3v) is 10.0. The summed E-state index contributed by atoms with van der Waals surface area (Å²) in [6.07, 6.45) is 14.4. The van der Waals surface area contributed by atoms with Crippen molar-refractivity contribution >= 4 is 54.9 Å². The quantitative estimate of drug-likeness (QED) is 0.172. The van der Waals surface area contributed by atoms with Gasteiger partial charge in [0.25, 0.3) is 0 Å². The molecule has 0 fully saturated rings. The fraction of sp³-hybridized carbons (Fsp3) is 0.111. The van der Waals surface area contributed by atoms with Gasteiger partial charge < -0.3 is 9.13 Å². The van der Waals surface area contributed by atoms with Gasteiger partial charge in [0, 0.05) is 32.8 Å². The summed E-state index contributed by atoms with van der Waals surface area (Å²) in [5.74, 6) is 0.591. The first-order valence-electron chi connectivity index (χ1n) is 16.8. The van der Waals surface area contributed by atoms with Gasteiger partial charge in [-0.3, -0.25) is 0 Å². The lowest BCUT2D eigenvalue weighted by Crippen LogP contribution is -2.12. The maximum absolute atomic E-state index is 10.2. The molecule has 234 valence electrons. The summed E-state index contributed by atoms with van der Waals surface area (Å²) in [6, 6.07) is 42.1. The summed E-state index contributed by atoms with van der Waals surface area (Å²) >= 11 is 0. The summed E-state index contributed by atoms with van der Waals surface area (Å²) in [7, 11) is 0. The number of benzene rings is 5.